The largest absolute Gasteiger partial charge is 0.480 e. The first-order valence-corrected chi connectivity index (χ1v) is 16.3. The topological polar surface area (TPSA) is 173 Å². The lowest BCUT2D eigenvalue weighted by atomic mass is 9.96. The molecule has 3 heterocycles. The van der Waals surface area contributed by atoms with E-state index in [1.54, 1.807) is 0 Å². The molecule has 5 rings (SSSR count). The number of carbonyl (C=O) groups excluding carboxylic acids is 2. The number of halogens is 4. The maximum absolute atomic E-state index is 14.1. The van der Waals surface area contributed by atoms with Crippen LogP contribution in [0, 0.1) is 11.3 Å². The van der Waals surface area contributed by atoms with Gasteiger partial charge in [-0.2, -0.15) is 9.57 Å². The highest BCUT2D eigenvalue weighted by atomic mass is 35.5. The van der Waals surface area contributed by atoms with Gasteiger partial charge in [0.1, 0.15) is 6.04 Å². The third kappa shape index (κ3) is 6.78. The Morgan fingerprint density at radius 2 is 1.74 bits per heavy atom. The quantitative estimate of drug-likeness (QED) is 0.284. The minimum absolute atomic E-state index is 0.00990. The Kier molecular flexibility index (Phi) is 9.54. The number of nitrogens with one attached hydrogen (secondary N) is 2. The van der Waals surface area contributed by atoms with E-state index in [4.69, 9.17) is 23.2 Å². The number of nitriles is 1. The molecule has 246 valence electrons. The summed E-state index contributed by atoms with van der Waals surface area (Å²) in [6.07, 6.45) is 2.22. The molecule has 2 amide bonds. The maximum atomic E-state index is 14.1. The van der Waals surface area contributed by atoms with Crippen LogP contribution in [0.5, 0.6) is 0 Å². The number of carboxylic acids is 1. The molecule has 47 heavy (non-hydrogen) atoms. The minimum Gasteiger partial charge on any atom is -0.480 e. The molecule has 0 aliphatic carbocycles. The molecule has 17 heteroatoms. The molecule has 12 nitrogen and oxygen atoms in total. The fourth-order valence-electron chi connectivity index (χ4n) is 5.67. The second-order valence-electron chi connectivity index (χ2n) is 11.0. The van der Waals surface area contributed by atoms with Crippen LogP contribution in [-0.2, 0) is 26.0 Å². The Labute approximate surface area is 277 Å². The van der Waals surface area contributed by atoms with E-state index in [1.165, 1.54) is 54.9 Å². The number of nitrogens with zero attached hydrogens (tertiary/aromatic N) is 4. The lowest BCUT2D eigenvalue weighted by Gasteiger charge is -2.52. The summed E-state index contributed by atoms with van der Waals surface area (Å²) in [4.78, 5) is 43.5. The number of benzene rings is 2. The van der Waals surface area contributed by atoms with Gasteiger partial charge in [0, 0.05) is 31.0 Å². The number of hydrogen-bond donors (Lipinski definition) is 3. The van der Waals surface area contributed by atoms with E-state index >= 15 is 0 Å². The summed E-state index contributed by atoms with van der Waals surface area (Å²) in [6, 6.07) is 11.3. The van der Waals surface area contributed by atoms with Crippen LogP contribution < -0.4 is 10.6 Å². The van der Waals surface area contributed by atoms with E-state index in [2.05, 4.69) is 15.6 Å². The smallest absolute Gasteiger partial charge is 0.326 e. The van der Waals surface area contributed by atoms with Crippen molar-refractivity contribution in [3.8, 4) is 6.07 Å². The molecule has 2 aliphatic heterocycles. The van der Waals surface area contributed by atoms with E-state index in [0.717, 1.165) is 15.3 Å². The van der Waals surface area contributed by atoms with Gasteiger partial charge in [0.05, 0.1) is 45.2 Å². The van der Waals surface area contributed by atoms with Gasteiger partial charge in [0.25, 0.3) is 17.7 Å². The number of alkyl halides is 2. The normalized spacial score (nSPS) is 20.1. The number of aromatic nitrogens is 1. The van der Waals surface area contributed by atoms with Crippen LogP contribution in [0.1, 0.15) is 34.3 Å². The molecule has 0 saturated carbocycles. The fourth-order valence-corrected chi connectivity index (χ4v) is 8.04. The van der Waals surface area contributed by atoms with Crippen molar-refractivity contribution in [3.63, 3.8) is 0 Å². The third-order valence-corrected chi connectivity index (χ3v) is 10.4. The summed E-state index contributed by atoms with van der Waals surface area (Å²) in [6.45, 7) is -2.02. The fraction of sp³-hybridized carbons (Fsp3) is 0.300. The Balaban J connectivity index is 1.38. The van der Waals surface area contributed by atoms with E-state index < -0.39 is 58.5 Å². The zero-order valence-electron chi connectivity index (χ0n) is 24.3. The molecule has 2 unspecified atom stereocenters. The van der Waals surface area contributed by atoms with Crippen molar-refractivity contribution >= 4 is 56.7 Å². The van der Waals surface area contributed by atoms with Crippen LogP contribution >= 0.6 is 23.2 Å². The SMILES string of the molecule is N#Cc1cccc(S(=O)(=O)N2CCCC2(C(=O)NC(Cc2ccc(NC(=O)c3c(Cl)cncc3Cl)cc2)C(=O)O)N2CC(F)(F)C2)c1. The zero-order valence-corrected chi connectivity index (χ0v) is 26.6. The number of rotatable bonds is 10. The van der Waals surface area contributed by atoms with Gasteiger partial charge in [0.2, 0.25) is 10.0 Å². The third-order valence-electron chi connectivity index (χ3n) is 7.92. The number of amides is 2. The number of sulfonamides is 1. The predicted octanol–water partition coefficient (Wildman–Crippen LogP) is 3.76. The molecule has 2 aromatic carbocycles. The molecule has 0 spiro atoms. The number of hydrogen-bond acceptors (Lipinski definition) is 8. The van der Waals surface area contributed by atoms with Crippen molar-refractivity contribution in [2.45, 2.75) is 41.8 Å². The van der Waals surface area contributed by atoms with Crippen LogP contribution in [0.2, 0.25) is 10.0 Å². The van der Waals surface area contributed by atoms with E-state index in [9.17, 15) is 42.0 Å². The lowest BCUT2D eigenvalue weighted by molar-refractivity contribution is -0.193. The van der Waals surface area contributed by atoms with E-state index in [-0.39, 0.29) is 51.9 Å². The van der Waals surface area contributed by atoms with Crippen molar-refractivity contribution in [3.05, 3.63) is 87.7 Å². The lowest BCUT2D eigenvalue weighted by Crippen LogP contribution is -2.75. The van der Waals surface area contributed by atoms with E-state index in [0.29, 0.717) is 11.3 Å². The zero-order chi connectivity index (χ0) is 34.1. The highest BCUT2D eigenvalue weighted by Gasteiger charge is 2.63. The molecular formula is C30H26Cl2F2N6O6S. The van der Waals surface area contributed by atoms with Crippen LogP contribution in [0.3, 0.4) is 0 Å². The second-order valence-corrected chi connectivity index (χ2v) is 13.7. The summed E-state index contributed by atoms with van der Waals surface area (Å²) >= 11 is 12.1. The van der Waals surface area contributed by atoms with Crippen LogP contribution in [-0.4, -0.2) is 82.8 Å². The monoisotopic (exact) mass is 706 g/mol. The van der Waals surface area contributed by atoms with Gasteiger partial charge in [0.15, 0.2) is 5.66 Å². The maximum Gasteiger partial charge on any atom is 0.326 e. The van der Waals surface area contributed by atoms with Crippen LogP contribution in [0.4, 0.5) is 14.5 Å². The molecule has 2 aliphatic rings. The van der Waals surface area contributed by atoms with Crippen molar-refractivity contribution < 1.29 is 36.7 Å². The van der Waals surface area contributed by atoms with Crippen LogP contribution in [0.15, 0.2) is 65.8 Å². The number of carbonyl (C=O) groups is 3. The minimum atomic E-state index is -4.50. The molecule has 2 atom stereocenters. The van der Waals surface area contributed by atoms with Crippen molar-refractivity contribution in [1.29, 1.82) is 5.26 Å². The molecule has 2 saturated heterocycles. The number of pyridine rings is 1. The average Bonchev–Trinajstić information content (AvgIpc) is 3.47. The van der Waals surface area contributed by atoms with Gasteiger partial charge in [-0.1, -0.05) is 41.4 Å². The second kappa shape index (κ2) is 13.1. The average molecular weight is 708 g/mol. The predicted molar refractivity (Wildman–Crippen MR) is 165 cm³/mol. The van der Waals surface area contributed by atoms with Crippen LogP contribution in [0.25, 0.3) is 0 Å². The summed E-state index contributed by atoms with van der Waals surface area (Å²) in [7, 11) is -4.50. The first kappa shape index (κ1) is 34.1. The van der Waals surface area contributed by atoms with Gasteiger partial charge in [-0.25, -0.2) is 22.0 Å². The van der Waals surface area contributed by atoms with Gasteiger partial charge < -0.3 is 15.7 Å². The molecule has 0 radical (unpaired) electrons. The number of likely N-dealkylation sites (tertiary alicyclic amines) is 1. The van der Waals surface area contributed by atoms with Crippen molar-refractivity contribution in [1.82, 2.24) is 19.5 Å². The van der Waals surface area contributed by atoms with E-state index in [1.807, 2.05) is 6.07 Å². The molecule has 3 N–H and O–H groups in total. The summed E-state index contributed by atoms with van der Waals surface area (Å²) in [5.41, 5.74) is -1.35. The number of anilines is 1. The Morgan fingerprint density at radius 1 is 1.09 bits per heavy atom. The Bertz CT molecular complexity index is 1860. The van der Waals surface area contributed by atoms with Crippen molar-refractivity contribution in [2.24, 2.45) is 0 Å². The summed E-state index contributed by atoms with van der Waals surface area (Å²) in [5.74, 6) is -6.30. The standard InChI is InChI=1S/C30H26Cl2F2N6O6S/c31-22-14-36-15-23(32)25(22)26(41)37-20-7-5-18(6-8-20)12-24(27(42)43)38-28(44)30(39-16-29(33,34)17-39)9-2-10-40(30)47(45,46)21-4-1-3-19(11-21)13-35/h1,3-8,11,14-15,24H,2,9-10,12,16-17H2,(H,37,41)(H,38,44)(H,42,43). The Hall–Kier alpha value is -4.20. The molecule has 0 bridgehead atoms. The molecule has 1 aromatic heterocycles. The van der Waals surface area contributed by atoms with Gasteiger partial charge in [-0.05, 0) is 48.7 Å². The summed E-state index contributed by atoms with van der Waals surface area (Å²) < 4.78 is 56.8. The first-order valence-electron chi connectivity index (χ1n) is 14.1. The first-order chi connectivity index (χ1) is 22.2. The highest BCUT2D eigenvalue weighted by Crippen LogP contribution is 2.44. The van der Waals surface area contributed by atoms with Gasteiger partial charge in [-0.15, -0.1) is 0 Å². The summed E-state index contributed by atoms with van der Waals surface area (Å²) in [5, 5.41) is 24.4. The van der Waals surface area contributed by atoms with Gasteiger partial charge >= 0.3 is 5.97 Å². The molecule has 3 aromatic rings. The number of aliphatic carboxylic acids is 1. The Morgan fingerprint density at radius 3 is 2.34 bits per heavy atom. The number of carboxylic acid groups (broad SMARTS) is 1. The highest BCUT2D eigenvalue weighted by molar-refractivity contribution is 7.89. The molecular weight excluding hydrogens is 681 g/mol. The van der Waals surface area contributed by atoms with Gasteiger partial charge in [-0.3, -0.25) is 19.5 Å². The molecule has 2 fully saturated rings. The van der Waals surface area contributed by atoms with Crippen molar-refractivity contribution in [2.75, 3.05) is 25.0 Å².